The molecule has 0 amide bonds. The number of halogens is 3. The molecule has 2 unspecified atom stereocenters. The van der Waals surface area contributed by atoms with Gasteiger partial charge < -0.3 is 10.1 Å². The molecule has 0 spiro atoms. The van der Waals surface area contributed by atoms with Gasteiger partial charge in [-0.25, -0.2) is 21.9 Å². The van der Waals surface area contributed by atoms with Crippen LogP contribution in [0.4, 0.5) is 8.78 Å². The number of hydrogen-bond acceptors (Lipinski definition) is 4. The van der Waals surface area contributed by atoms with Crippen LogP contribution in [0.1, 0.15) is 41.9 Å². The zero-order chi connectivity index (χ0) is 22.7. The van der Waals surface area contributed by atoms with Crippen LogP contribution >= 0.6 is 12.4 Å². The second kappa shape index (κ2) is 11.1. The minimum Gasteiger partial charge on any atom is -0.492 e. The van der Waals surface area contributed by atoms with E-state index in [4.69, 9.17) is 4.74 Å². The molecule has 1 saturated carbocycles. The highest BCUT2D eigenvalue weighted by molar-refractivity contribution is 7.89. The lowest BCUT2D eigenvalue weighted by Crippen LogP contribution is -2.37. The predicted octanol–water partition coefficient (Wildman–Crippen LogP) is 3.96. The van der Waals surface area contributed by atoms with Crippen LogP contribution in [-0.4, -0.2) is 40.4 Å². The van der Waals surface area contributed by atoms with Gasteiger partial charge in [-0.05, 0) is 86.0 Å². The Hall–Kier alpha value is -1.74. The van der Waals surface area contributed by atoms with Crippen molar-refractivity contribution < 1.29 is 21.9 Å². The van der Waals surface area contributed by atoms with Gasteiger partial charge in [0.25, 0.3) is 0 Å². The smallest absolute Gasteiger partial charge is 0.211 e. The molecular formula is C24H31ClF2N2O3S. The summed E-state index contributed by atoms with van der Waals surface area (Å²) in [7, 11) is -1.34. The summed E-state index contributed by atoms with van der Waals surface area (Å²) in [6, 6.07) is 9.76. The highest BCUT2D eigenvalue weighted by Crippen LogP contribution is 2.37. The second-order valence-electron chi connectivity index (χ2n) is 8.85. The van der Waals surface area contributed by atoms with Crippen molar-refractivity contribution in [1.29, 1.82) is 0 Å². The summed E-state index contributed by atoms with van der Waals surface area (Å²) >= 11 is 0. The van der Waals surface area contributed by atoms with Crippen molar-refractivity contribution in [2.24, 2.45) is 5.92 Å². The lowest BCUT2D eigenvalue weighted by Gasteiger charge is -2.34. The molecule has 2 aliphatic rings. The normalized spacial score (nSPS) is 20.1. The number of benzene rings is 2. The summed E-state index contributed by atoms with van der Waals surface area (Å²) in [5.41, 5.74) is 2.93. The lowest BCUT2D eigenvalue weighted by molar-refractivity contribution is 0.320. The van der Waals surface area contributed by atoms with E-state index in [-0.39, 0.29) is 43.3 Å². The standard InChI is InChI=1S/C24H30F2N2O3S.ClH/c1-27-24-7-5-18-4-6-21(31-9-8-28-32(29,30)15-16-2-3-16)14-22(18)23(24)12-17-10-19(25)13-20(26)11-17;/h4,6,10-11,13-14,16,23-24,27-28H,2-3,5,7-9,12,15H2,1H3;1H. The monoisotopic (exact) mass is 500 g/mol. The molecule has 0 bridgehead atoms. The molecular weight excluding hydrogens is 470 g/mol. The van der Waals surface area contributed by atoms with Crippen molar-refractivity contribution >= 4 is 22.4 Å². The van der Waals surface area contributed by atoms with Crippen molar-refractivity contribution in [3.8, 4) is 5.75 Å². The molecule has 1 fully saturated rings. The average Bonchev–Trinajstić information content (AvgIpc) is 3.54. The van der Waals surface area contributed by atoms with E-state index in [9.17, 15) is 17.2 Å². The predicted molar refractivity (Wildman–Crippen MR) is 128 cm³/mol. The minimum absolute atomic E-state index is 0. The van der Waals surface area contributed by atoms with Crippen LogP contribution in [0.2, 0.25) is 0 Å². The molecule has 4 rings (SSSR count). The van der Waals surface area contributed by atoms with Crippen LogP contribution in [0.25, 0.3) is 0 Å². The molecule has 0 heterocycles. The molecule has 9 heteroatoms. The molecule has 2 N–H and O–H groups in total. The Morgan fingerprint density at radius 1 is 1.06 bits per heavy atom. The van der Waals surface area contributed by atoms with Crippen molar-refractivity contribution in [2.75, 3.05) is 26.0 Å². The molecule has 0 saturated heterocycles. The van der Waals surface area contributed by atoms with Crippen LogP contribution in [-0.2, 0) is 22.9 Å². The van der Waals surface area contributed by atoms with Gasteiger partial charge in [-0.2, -0.15) is 0 Å². The van der Waals surface area contributed by atoms with Gasteiger partial charge in [0.1, 0.15) is 24.0 Å². The number of hydrogen-bond donors (Lipinski definition) is 2. The topological polar surface area (TPSA) is 67.4 Å². The number of fused-ring (bicyclic) bond motifs is 1. The maximum Gasteiger partial charge on any atom is 0.211 e. The lowest BCUT2D eigenvalue weighted by atomic mass is 9.76. The Balaban J connectivity index is 0.00000306. The van der Waals surface area contributed by atoms with Crippen LogP contribution in [0, 0.1) is 17.6 Å². The van der Waals surface area contributed by atoms with E-state index in [0.29, 0.717) is 23.7 Å². The average molecular weight is 501 g/mol. The number of rotatable bonds is 10. The van der Waals surface area contributed by atoms with E-state index in [2.05, 4.69) is 10.0 Å². The van der Waals surface area contributed by atoms with E-state index >= 15 is 0 Å². The van der Waals surface area contributed by atoms with Gasteiger partial charge in [0.15, 0.2) is 0 Å². The fourth-order valence-corrected chi connectivity index (χ4v) is 6.03. The van der Waals surface area contributed by atoms with Gasteiger partial charge >= 0.3 is 0 Å². The Labute approximate surface area is 200 Å². The van der Waals surface area contributed by atoms with Gasteiger partial charge in [-0.3, -0.25) is 0 Å². The first-order chi connectivity index (χ1) is 15.3. The molecule has 0 radical (unpaired) electrons. The number of sulfonamides is 1. The first kappa shape index (κ1) is 25.9. The second-order valence-corrected chi connectivity index (χ2v) is 10.7. The fourth-order valence-electron chi connectivity index (χ4n) is 4.56. The minimum atomic E-state index is -3.25. The van der Waals surface area contributed by atoms with Crippen molar-refractivity contribution in [3.05, 3.63) is 64.7 Å². The highest BCUT2D eigenvalue weighted by Gasteiger charge is 2.30. The van der Waals surface area contributed by atoms with Gasteiger partial charge in [-0.15, -0.1) is 12.4 Å². The maximum absolute atomic E-state index is 13.7. The van der Waals surface area contributed by atoms with Gasteiger partial charge in [0.2, 0.25) is 10.0 Å². The van der Waals surface area contributed by atoms with Crippen LogP contribution in [0.15, 0.2) is 36.4 Å². The van der Waals surface area contributed by atoms with Gasteiger partial charge in [0.05, 0.1) is 5.75 Å². The fraction of sp³-hybridized carbons (Fsp3) is 0.500. The van der Waals surface area contributed by atoms with Crippen LogP contribution < -0.4 is 14.8 Å². The summed E-state index contributed by atoms with van der Waals surface area (Å²) < 4.78 is 59.9. The van der Waals surface area contributed by atoms with Crippen LogP contribution in [0.5, 0.6) is 5.75 Å². The molecule has 2 aromatic carbocycles. The molecule has 0 aliphatic heterocycles. The third-order valence-electron chi connectivity index (χ3n) is 6.32. The van der Waals surface area contributed by atoms with E-state index < -0.39 is 21.7 Å². The Kier molecular flexibility index (Phi) is 8.72. The summed E-state index contributed by atoms with van der Waals surface area (Å²) in [6.45, 7) is 0.454. The largest absolute Gasteiger partial charge is 0.492 e. The molecule has 2 atom stereocenters. The van der Waals surface area contributed by atoms with E-state index in [0.717, 1.165) is 37.3 Å². The molecule has 2 aliphatic carbocycles. The Morgan fingerprint density at radius 3 is 2.45 bits per heavy atom. The van der Waals surface area contributed by atoms with Crippen LogP contribution in [0.3, 0.4) is 0 Å². The molecule has 0 aromatic heterocycles. The summed E-state index contributed by atoms with van der Waals surface area (Å²) in [6.07, 6.45) is 4.34. The van der Waals surface area contributed by atoms with Crippen molar-refractivity contribution in [2.45, 2.75) is 44.1 Å². The first-order valence-electron chi connectivity index (χ1n) is 11.2. The zero-order valence-electron chi connectivity index (χ0n) is 18.7. The number of ether oxygens (including phenoxy) is 1. The van der Waals surface area contributed by atoms with E-state index in [1.54, 1.807) is 0 Å². The number of nitrogens with one attached hydrogen (secondary N) is 2. The Morgan fingerprint density at radius 2 is 1.79 bits per heavy atom. The van der Waals surface area contributed by atoms with E-state index in [1.807, 2.05) is 25.2 Å². The third kappa shape index (κ3) is 7.12. The Bertz CT molecular complexity index is 1040. The third-order valence-corrected chi connectivity index (χ3v) is 7.87. The van der Waals surface area contributed by atoms with Gasteiger partial charge in [-0.1, -0.05) is 6.07 Å². The number of aryl methyl sites for hydroxylation is 1. The quantitative estimate of drug-likeness (QED) is 0.485. The maximum atomic E-state index is 13.7. The highest BCUT2D eigenvalue weighted by atomic mass is 35.5. The zero-order valence-corrected chi connectivity index (χ0v) is 20.3. The van der Waals surface area contributed by atoms with Gasteiger partial charge in [0, 0.05) is 24.6 Å². The summed E-state index contributed by atoms with van der Waals surface area (Å²) in [4.78, 5) is 0. The summed E-state index contributed by atoms with van der Waals surface area (Å²) in [5.74, 6) is 0.0663. The summed E-state index contributed by atoms with van der Waals surface area (Å²) in [5, 5.41) is 3.35. The molecule has 182 valence electrons. The molecule has 5 nitrogen and oxygen atoms in total. The molecule has 2 aromatic rings. The SMILES string of the molecule is CNC1CCc2ccc(OCCNS(=O)(=O)CC3CC3)cc2C1Cc1cc(F)cc(F)c1.Cl. The first-order valence-corrected chi connectivity index (χ1v) is 12.8. The molecule has 33 heavy (non-hydrogen) atoms. The van der Waals surface area contributed by atoms with Crippen molar-refractivity contribution in [3.63, 3.8) is 0 Å². The van der Waals surface area contributed by atoms with E-state index in [1.165, 1.54) is 17.7 Å². The number of likely N-dealkylation sites (N-methyl/N-ethyl adjacent to an activating group) is 1. The van der Waals surface area contributed by atoms with Crippen molar-refractivity contribution in [1.82, 2.24) is 10.0 Å².